The molecule has 0 fully saturated rings. The number of aromatic amines is 1. The number of nitrogens with one attached hydrogen (secondary N) is 1. The number of hydrogen-bond donors (Lipinski definition) is 1. The van der Waals surface area contributed by atoms with Crippen LogP contribution in [0.3, 0.4) is 0 Å². The molecule has 0 aliphatic carbocycles. The lowest BCUT2D eigenvalue weighted by atomic mass is 9.96. The van der Waals surface area contributed by atoms with Gasteiger partial charge in [-0.05, 0) is 32.6 Å². The van der Waals surface area contributed by atoms with Gasteiger partial charge in [-0.1, -0.05) is 111 Å². The molecule has 0 aromatic carbocycles. The van der Waals surface area contributed by atoms with E-state index >= 15 is 0 Å². The molecule has 2 nitrogen and oxygen atoms in total. The van der Waals surface area contributed by atoms with Crippen LogP contribution in [0.2, 0.25) is 0 Å². The molecule has 0 aliphatic heterocycles. The lowest BCUT2D eigenvalue weighted by molar-refractivity contribution is -0.727. The molecule has 0 spiro atoms. The van der Waals surface area contributed by atoms with Crippen molar-refractivity contribution in [3.05, 3.63) is 18.2 Å². The van der Waals surface area contributed by atoms with E-state index < -0.39 is 0 Å². The molecule has 2 unspecified atom stereocenters. The van der Waals surface area contributed by atoms with Crippen molar-refractivity contribution >= 4 is 0 Å². The maximum absolute atomic E-state index is 3.60. The first-order chi connectivity index (χ1) is 14.2. The predicted octanol–water partition coefficient (Wildman–Crippen LogP) is 9.03. The molecule has 1 N–H and O–H groups in total. The van der Waals surface area contributed by atoms with Gasteiger partial charge in [0, 0.05) is 0 Å². The molecule has 1 heterocycles. The highest BCUT2D eigenvalue weighted by atomic mass is 15.1. The molecule has 29 heavy (non-hydrogen) atoms. The topological polar surface area (TPSA) is 19.7 Å². The van der Waals surface area contributed by atoms with E-state index in [1.54, 1.807) is 0 Å². The van der Waals surface area contributed by atoms with Crippen molar-refractivity contribution in [3.8, 4) is 0 Å². The Morgan fingerprint density at radius 3 is 1.69 bits per heavy atom. The minimum atomic E-state index is 0.624. The van der Waals surface area contributed by atoms with Gasteiger partial charge >= 0.3 is 0 Å². The lowest BCUT2D eigenvalue weighted by Crippen LogP contribution is -2.41. The van der Waals surface area contributed by atoms with E-state index in [0.29, 0.717) is 12.0 Å². The molecule has 2 heteroatoms. The average Bonchev–Trinajstić information content (AvgIpc) is 3.21. The van der Waals surface area contributed by atoms with Crippen LogP contribution in [0.25, 0.3) is 0 Å². The Kier molecular flexibility index (Phi) is 16.3. The Balaban J connectivity index is 2.28. The van der Waals surface area contributed by atoms with Gasteiger partial charge in [0.2, 0.25) is 0 Å². The van der Waals surface area contributed by atoms with Crippen molar-refractivity contribution in [3.63, 3.8) is 0 Å². The number of unbranched alkanes of at least 4 members (excludes halogenated alkanes) is 13. The van der Waals surface area contributed by atoms with Crippen LogP contribution in [0.1, 0.15) is 161 Å². The first kappa shape index (κ1) is 26.2. The first-order valence-electron chi connectivity index (χ1n) is 13.3. The minimum Gasteiger partial charge on any atom is -0.247 e. The molecule has 1 rings (SSSR count). The summed E-state index contributed by atoms with van der Waals surface area (Å²) in [6.45, 7) is 9.37. The van der Waals surface area contributed by atoms with Gasteiger partial charge in [0.15, 0.2) is 0 Å². The third-order valence-corrected chi connectivity index (χ3v) is 6.73. The normalized spacial score (nSPS) is 13.7. The van der Waals surface area contributed by atoms with Gasteiger partial charge in [-0.3, -0.25) is 0 Å². The molecule has 0 saturated carbocycles. The summed E-state index contributed by atoms with van der Waals surface area (Å²) in [4.78, 5) is 3.60. The van der Waals surface area contributed by atoms with E-state index in [1.807, 2.05) is 0 Å². The van der Waals surface area contributed by atoms with E-state index in [-0.39, 0.29) is 0 Å². The average molecular weight is 406 g/mol. The Morgan fingerprint density at radius 2 is 1.17 bits per heavy atom. The summed E-state index contributed by atoms with van der Waals surface area (Å²) >= 11 is 0. The summed E-state index contributed by atoms with van der Waals surface area (Å²) in [6.07, 6.45) is 29.5. The highest BCUT2D eigenvalue weighted by Gasteiger charge is 2.24. The molecule has 0 saturated heterocycles. The van der Waals surface area contributed by atoms with Gasteiger partial charge in [0.05, 0.1) is 12.0 Å². The second-order valence-electron chi connectivity index (χ2n) is 9.38. The van der Waals surface area contributed by atoms with Crippen molar-refractivity contribution in [1.82, 2.24) is 4.98 Å². The predicted molar refractivity (Wildman–Crippen MR) is 129 cm³/mol. The van der Waals surface area contributed by atoms with Crippen molar-refractivity contribution in [2.45, 2.75) is 155 Å². The van der Waals surface area contributed by atoms with E-state index in [2.05, 4.69) is 49.6 Å². The molecule has 0 amide bonds. The summed E-state index contributed by atoms with van der Waals surface area (Å²) in [6, 6.07) is 0.624. The molecule has 1 aromatic rings. The molecular formula is C27H53N2+. The summed E-state index contributed by atoms with van der Waals surface area (Å²) in [7, 11) is 0. The fourth-order valence-corrected chi connectivity index (χ4v) is 4.67. The summed E-state index contributed by atoms with van der Waals surface area (Å²) in [5, 5.41) is 0. The largest absolute Gasteiger partial charge is 0.257 e. The number of H-pyrrole nitrogens is 1. The number of aromatic nitrogens is 2. The van der Waals surface area contributed by atoms with Gasteiger partial charge in [0.1, 0.15) is 12.4 Å². The first-order valence-corrected chi connectivity index (χ1v) is 13.3. The van der Waals surface area contributed by atoms with Gasteiger partial charge in [0.25, 0.3) is 5.82 Å². The van der Waals surface area contributed by atoms with Crippen molar-refractivity contribution in [2.75, 3.05) is 0 Å². The van der Waals surface area contributed by atoms with Crippen LogP contribution in [0.4, 0.5) is 0 Å². The highest BCUT2D eigenvalue weighted by Crippen LogP contribution is 2.24. The lowest BCUT2D eigenvalue weighted by Gasteiger charge is -2.16. The Morgan fingerprint density at radius 1 is 0.690 bits per heavy atom. The second kappa shape index (κ2) is 18.0. The van der Waals surface area contributed by atoms with E-state index in [9.17, 15) is 0 Å². The molecule has 0 radical (unpaired) electrons. The van der Waals surface area contributed by atoms with Crippen molar-refractivity contribution < 1.29 is 4.57 Å². The molecule has 1 aromatic heterocycles. The van der Waals surface area contributed by atoms with E-state index in [1.165, 1.54) is 121 Å². The maximum Gasteiger partial charge on any atom is 0.257 e. The maximum atomic E-state index is 3.60. The van der Waals surface area contributed by atoms with Crippen molar-refractivity contribution in [2.24, 2.45) is 0 Å². The Labute approximate surface area is 183 Å². The number of rotatable bonds is 20. The summed E-state index contributed by atoms with van der Waals surface area (Å²) in [5.41, 5.74) is 0. The van der Waals surface area contributed by atoms with Crippen molar-refractivity contribution in [1.29, 1.82) is 0 Å². The number of imidazole rings is 1. The monoisotopic (exact) mass is 405 g/mol. The summed E-state index contributed by atoms with van der Waals surface area (Å²) < 4.78 is 2.55. The fraction of sp³-hybridized carbons (Fsp3) is 0.889. The summed E-state index contributed by atoms with van der Waals surface area (Å²) in [5.74, 6) is 2.17. The Hall–Kier alpha value is -0.790. The third-order valence-electron chi connectivity index (χ3n) is 6.73. The molecule has 170 valence electrons. The van der Waals surface area contributed by atoms with Crippen LogP contribution in [-0.2, 0) is 0 Å². The molecule has 0 bridgehead atoms. The molecule has 2 atom stereocenters. The van der Waals surface area contributed by atoms with Gasteiger partial charge in [-0.15, -0.1) is 0 Å². The van der Waals surface area contributed by atoms with Crippen LogP contribution in [-0.4, -0.2) is 4.98 Å². The zero-order valence-electron chi connectivity index (χ0n) is 20.5. The molecule has 0 aliphatic rings. The standard InChI is InChI=1S/C27H52N2/c1-5-8-10-12-14-16-17-19-21-25(4)29-24-23-28-27(29)26(7-3)22-20-18-15-13-11-9-6-2/h23-26H,5-22H2,1-4H3/p+1. The van der Waals surface area contributed by atoms with Crippen LogP contribution in [0.15, 0.2) is 12.4 Å². The quantitative estimate of drug-likeness (QED) is 0.165. The smallest absolute Gasteiger partial charge is 0.247 e. The second-order valence-corrected chi connectivity index (χ2v) is 9.38. The van der Waals surface area contributed by atoms with Gasteiger partial charge in [-0.2, -0.15) is 0 Å². The van der Waals surface area contributed by atoms with Crippen LogP contribution in [0, 0.1) is 0 Å². The van der Waals surface area contributed by atoms with Gasteiger partial charge < -0.3 is 0 Å². The van der Waals surface area contributed by atoms with Crippen LogP contribution < -0.4 is 4.57 Å². The minimum absolute atomic E-state index is 0.624. The third kappa shape index (κ3) is 11.8. The van der Waals surface area contributed by atoms with Crippen LogP contribution >= 0.6 is 0 Å². The molecular weight excluding hydrogens is 352 g/mol. The number of hydrogen-bond acceptors (Lipinski definition) is 0. The van der Waals surface area contributed by atoms with Crippen LogP contribution in [0.5, 0.6) is 0 Å². The Bertz CT molecular complexity index is 465. The van der Waals surface area contributed by atoms with E-state index in [0.717, 1.165) is 0 Å². The van der Waals surface area contributed by atoms with Gasteiger partial charge in [-0.25, -0.2) is 9.55 Å². The zero-order chi connectivity index (χ0) is 21.2. The van der Waals surface area contributed by atoms with E-state index in [4.69, 9.17) is 0 Å². The SMILES string of the molecule is CCCCCCCCCCC(C)[n+]1cc[nH]c1C(CC)CCCCCCCCC. The fourth-order valence-electron chi connectivity index (χ4n) is 4.67. The highest BCUT2D eigenvalue weighted by molar-refractivity contribution is 4.89. The zero-order valence-corrected chi connectivity index (χ0v) is 20.5. The number of nitrogens with zero attached hydrogens (tertiary/aromatic N) is 1.